The third-order valence-corrected chi connectivity index (χ3v) is 10.3. The second kappa shape index (κ2) is 9.49. The molecule has 6 aliphatic rings. The van der Waals surface area contributed by atoms with Gasteiger partial charge in [-0.05, 0) is 91.8 Å². The number of nitrogens with zero attached hydrogens (tertiary/aromatic N) is 5. The smallest absolute Gasteiger partial charge is 0.276 e. The van der Waals surface area contributed by atoms with Gasteiger partial charge in [-0.1, -0.05) is 5.16 Å². The Morgan fingerprint density at radius 1 is 0.977 bits per heavy atom. The summed E-state index contributed by atoms with van der Waals surface area (Å²) in [5, 5.41) is 18.5. The zero-order valence-corrected chi connectivity index (χ0v) is 23.7. The van der Waals surface area contributed by atoms with E-state index >= 15 is 0 Å². The fraction of sp³-hybridized carbons (Fsp3) is 0.667. The first-order valence-corrected chi connectivity index (χ1v) is 15.4. The number of hydrogen-bond acceptors (Lipinski definition) is 7. The van der Waals surface area contributed by atoms with E-state index in [4.69, 9.17) is 9.61 Å². The van der Waals surface area contributed by atoms with Gasteiger partial charge in [-0.25, -0.2) is 27.3 Å². The molecule has 228 valence electrons. The number of hydrogen-bond donors (Lipinski definition) is 2. The molecule has 0 saturated heterocycles. The van der Waals surface area contributed by atoms with Crippen LogP contribution < -0.4 is 10.6 Å². The van der Waals surface area contributed by atoms with Crippen LogP contribution in [0.5, 0.6) is 0 Å². The molecule has 2 amide bonds. The Morgan fingerprint density at radius 3 is 2.37 bits per heavy atom. The highest BCUT2D eigenvalue weighted by Crippen LogP contribution is 2.71. The Hall–Kier alpha value is -3.51. The third-order valence-electron chi connectivity index (χ3n) is 10.3. The van der Waals surface area contributed by atoms with Gasteiger partial charge in [0, 0.05) is 25.2 Å². The lowest BCUT2D eigenvalue weighted by atomic mass is 9.41. The average molecular weight is 598 g/mol. The topological polar surface area (TPSA) is 127 Å². The van der Waals surface area contributed by atoms with Gasteiger partial charge in [0.1, 0.15) is 11.4 Å². The number of aromatic nitrogens is 5. The lowest BCUT2D eigenvalue weighted by Gasteiger charge is -2.65. The average Bonchev–Trinajstić information content (AvgIpc) is 3.87. The first-order chi connectivity index (χ1) is 20.6. The van der Waals surface area contributed by atoms with Gasteiger partial charge in [0.2, 0.25) is 11.8 Å². The molecule has 6 fully saturated rings. The number of halogens is 3. The van der Waals surface area contributed by atoms with Crippen LogP contribution >= 0.6 is 0 Å². The van der Waals surface area contributed by atoms with Crippen molar-refractivity contribution in [3.63, 3.8) is 0 Å². The van der Waals surface area contributed by atoms with Gasteiger partial charge < -0.3 is 10.6 Å². The molecule has 6 saturated carbocycles. The number of amides is 2. The van der Waals surface area contributed by atoms with E-state index in [1.807, 2.05) is 6.07 Å². The van der Waals surface area contributed by atoms with Crippen molar-refractivity contribution < 1.29 is 27.4 Å². The summed E-state index contributed by atoms with van der Waals surface area (Å²) in [5.74, 6) is -3.05. The number of alkyl halides is 3. The molecule has 6 aliphatic carbocycles. The van der Waals surface area contributed by atoms with Gasteiger partial charge in [0.05, 0.1) is 30.2 Å². The molecule has 10 nitrogen and oxygen atoms in total. The van der Waals surface area contributed by atoms with Crippen LogP contribution in [-0.2, 0) is 4.79 Å². The second-order valence-corrected chi connectivity index (χ2v) is 13.9. The minimum Gasteiger partial charge on any atom is -0.349 e. The van der Waals surface area contributed by atoms with Crippen molar-refractivity contribution in [1.29, 1.82) is 0 Å². The van der Waals surface area contributed by atoms with Gasteiger partial charge in [0.15, 0.2) is 11.3 Å². The van der Waals surface area contributed by atoms with E-state index in [9.17, 15) is 22.8 Å². The maximum Gasteiger partial charge on any atom is 0.276 e. The standard InChI is InChI=1S/C30H34F3N7O3/c31-29-13-28(14-29,15-29)10-22(41)36-23(16-1-2-16)19-9-21-35-20(12-40(21)34-11-19)24(18-5-7-30(32,33)8-6-18)37-27(42)26-25(17-3-4-17)38-43-39-26/h9,11-12,16-18,23-24H,1-8,10,13-15H2,(H,36,41)(H,37,42)/t23-,24+,28-,29+/m1/s1. The van der Waals surface area contributed by atoms with Crippen molar-refractivity contribution >= 4 is 17.5 Å². The monoisotopic (exact) mass is 597 g/mol. The maximum absolute atomic E-state index is 14.1. The number of carbonyl (C=O) groups excluding carboxylic acids is 2. The number of rotatable bonds is 10. The van der Waals surface area contributed by atoms with Crippen LogP contribution in [0.15, 0.2) is 23.1 Å². The van der Waals surface area contributed by atoms with E-state index in [-0.39, 0.29) is 60.6 Å². The molecule has 0 unspecified atom stereocenters. The first kappa shape index (κ1) is 27.1. The lowest BCUT2D eigenvalue weighted by molar-refractivity contribution is -0.215. The van der Waals surface area contributed by atoms with Crippen LogP contribution in [-0.4, -0.2) is 48.3 Å². The maximum atomic E-state index is 14.1. The van der Waals surface area contributed by atoms with E-state index in [0.717, 1.165) is 31.2 Å². The van der Waals surface area contributed by atoms with Crippen LogP contribution in [0.1, 0.15) is 122 Å². The Kier molecular flexibility index (Phi) is 5.98. The summed E-state index contributed by atoms with van der Waals surface area (Å²) in [5.41, 5.74) is 1.34. The highest BCUT2D eigenvalue weighted by Gasteiger charge is 2.69. The fourth-order valence-corrected chi connectivity index (χ4v) is 7.76. The van der Waals surface area contributed by atoms with Gasteiger partial charge in [-0.15, -0.1) is 0 Å². The summed E-state index contributed by atoms with van der Waals surface area (Å²) in [6.45, 7) is 0. The van der Waals surface area contributed by atoms with Crippen LogP contribution in [0.25, 0.3) is 5.65 Å². The highest BCUT2D eigenvalue weighted by atomic mass is 19.3. The van der Waals surface area contributed by atoms with Gasteiger partial charge in [-0.3, -0.25) is 9.59 Å². The quantitative estimate of drug-likeness (QED) is 0.332. The molecule has 3 aromatic heterocycles. The molecular weight excluding hydrogens is 563 g/mol. The largest absolute Gasteiger partial charge is 0.349 e. The Labute approximate surface area is 245 Å². The summed E-state index contributed by atoms with van der Waals surface area (Å²) < 4.78 is 48.6. The summed E-state index contributed by atoms with van der Waals surface area (Å²) in [6, 6.07) is 1.04. The summed E-state index contributed by atoms with van der Waals surface area (Å²) in [6.07, 6.45) is 9.01. The lowest BCUT2D eigenvalue weighted by Crippen LogP contribution is -2.65. The minimum absolute atomic E-state index is 0.0626. The van der Waals surface area contributed by atoms with Crippen LogP contribution in [0.3, 0.4) is 0 Å². The van der Waals surface area contributed by atoms with Gasteiger partial charge >= 0.3 is 0 Å². The molecule has 3 aromatic rings. The minimum atomic E-state index is -2.72. The van der Waals surface area contributed by atoms with E-state index in [2.05, 4.69) is 26.0 Å². The van der Waals surface area contributed by atoms with Crippen molar-refractivity contribution in [2.45, 2.75) is 107 Å². The molecule has 0 aromatic carbocycles. The van der Waals surface area contributed by atoms with Crippen molar-refractivity contribution in [3.05, 3.63) is 41.1 Å². The van der Waals surface area contributed by atoms with E-state index in [1.54, 1.807) is 16.9 Å². The van der Waals surface area contributed by atoms with Gasteiger partial charge in [-0.2, -0.15) is 5.10 Å². The van der Waals surface area contributed by atoms with Crippen LogP contribution in [0.4, 0.5) is 13.2 Å². The zero-order valence-electron chi connectivity index (χ0n) is 23.7. The van der Waals surface area contributed by atoms with Crippen molar-refractivity contribution in [1.82, 2.24) is 35.5 Å². The predicted octanol–water partition coefficient (Wildman–Crippen LogP) is 5.14. The molecule has 0 aliphatic heterocycles. The Bertz CT molecular complexity index is 1570. The molecule has 2 N–H and O–H groups in total. The number of carbonyl (C=O) groups is 2. The van der Waals surface area contributed by atoms with Crippen LogP contribution in [0.2, 0.25) is 0 Å². The van der Waals surface area contributed by atoms with Crippen molar-refractivity contribution in [3.8, 4) is 0 Å². The Balaban J connectivity index is 1.04. The van der Waals surface area contributed by atoms with E-state index < -0.39 is 23.5 Å². The molecular formula is C30H34F3N7O3. The SMILES string of the molecule is O=C(C[C@]12C[C@@](F)(C1)C2)N[C@@H](c1cnn2cc([C@@H](NC(=O)c3nonc3C3CC3)C3CCC(F)(F)CC3)nc2c1)C1CC1. The fourth-order valence-electron chi connectivity index (χ4n) is 7.76. The second-order valence-electron chi connectivity index (χ2n) is 13.9. The van der Waals surface area contributed by atoms with Crippen molar-refractivity contribution in [2.24, 2.45) is 17.3 Å². The molecule has 2 bridgehead atoms. The van der Waals surface area contributed by atoms with E-state index in [1.165, 1.54) is 0 Å². The van der Waals surface area contributed by atoms with Crippen molar-refractivity contribution in [2.75, 3.05) is 0 Å². The molecule has 3 heterocycles. The molecule has 13 heteroatoms. The molecule has 43 heavy (non-hydrogen) atoms. The summed E-state index contributed by atoms with van der Waals surface area (Å²) in [7, 11) is 0. The van der Waals surface area contributed by atoms with Crippen LogP contribution in [0, 0.1) is 17.3 Å². The third kappa shape index (κ3) is 5.08. The number of imidazole rings is 1. The predicted molar refractivity (Wildman–Crippen MR) is 145 cm³/mol. The molecule has 9 rings (SSSR count). The highest BCUT2D eigenvalue weighted by molar-refractivity contribution is 5.93. The normalized spacial score (nSPS) is 29.4. The summed E-state index contributed by atoms with van der Waals surface area (Å²) in [4.78, 5) is 31.1. The van der Waals surface area contributed by atoms with Gasteiger partial charge in [0.25, 0.3) is 5.91 Å². The molecule has 0 spiro atoms. The summed E-state index contributed by atoms with van der Waals surface area (Å²) >= 11 is 0. The Morgan fingerprint density at radius 2 is 1.70 bits per heavy atom. The first-order valence-electron chi connectivity index (χ1n) is 15.4. The number of nitrogens with one attached hydrogen (secondary N) is 2. The number of fused-ring (bicyclic) bond motifs is 1. The van der Waals surface area contributed by atoms with E-state index in [0.29, 0.717) is 48.6 Å². The zero-order chi connectivity index (χ0) is 29.6. The molecule has 0 radical (unpaired) electrons. The molecule has 2 atom stereocenters.